The lowest BCUT2D eigenvalue weighted by Crippen LogP contribution is -2.17. The first-order valence-corrected chi connectivity index (χ1v) is 9.60. The van der Waals surface area contributed by atoms with E-state index < -0.39 is 0 Å². The number of fused-ring (bicyclic) bond motifs is 3. The van der Waals surface area contributed by atoms with Gasteiger partial charge in [0.1, 0.15) is 0 Å². The van der Waals surface area contributed by atoms with E-state index in [1.807, 2.05) is 0 Å². The van der Waals surface area contributed by atoms with E-state index in [0.717, 1.165) is 0 Å². The number of nitrogens with zero attached hydrogens (tertiary/aromatic N) is 1. The van der Waals surface area contributed by atoms with Crippen LogP contribution >= 0.6 is 0 Å². The van der Waals surface area contributed by atoms with E-state index >= 15 is 0 Å². The van der Waals surface area contributed by atoms with E-state index in [1.165, 1.54) is 59.4 Å². The average Bonchev–Trinajstić information content (AvgIpc) is 2.86. The molecule has 0 amide bonds. The predicted octanol–water partition coefficient (Wildman–Crippen LogP) is 6.83. The van der Waals surface area contributed by atoms with Crippen molar-refractivity contribution in [1.82, 2.24) is 0 Å². The van der Waals surface area contributed by atoms with Crippen molar-refractivity contribution >= 4 is 29.2 Å². The number of hydrogen-bond donors (Lipinski definition) is 0. The van der Waals surface area contributed by atoms with Gasteiger partial charge in [-0.3, -0.25) is 0 Å². The molecule has 1 aliphatic heterocycles. The van der Waals surface area contributed by atoms with Gasteiger partial charge in [-0.25, -0.2) is 0 Å². The van der Waals surface area contributed by atoms with Gasteiger partial charge in [0.2, 0.25) is 0 Å². The number of benzene rings is 3. The van der Waals surface area contributed by atoms with Crippen LogP contribution in [0.3, 0.4) is 0 Å². The van der Waals surface area contributed by atoms with Crippen LogP contribution in [0.1, 0.15) is 40.7 Å². The first-order chi connectivity index (χ1) is 12.8. The van der Waals surface area contributed by atoms with Gasteiger partial charge in [0.15, 0.2) is 0 Å². The molecule has 1 aliphatic carbocycles. The minimum atomic E-state index is 1.18. The van der Waals surface area contributed by atoms with Crippen LogP contribution in [0.15, 0.2) is 60.7 Å². The van der Waals surface area contributed by atoms with E-state index in [2.05, 4.69) is 84.6 Å². The normalized spacial score (nSPS) is 15.0. The van der Waals surface area contributed by atoms with Crippen LogP contribution < -0.4 is 4.90 Å². The van der Waals surface area contributed by atoms with Crippen LogP contribution in [0.25, 0.3) is 12.2 Å². The number of para-hydroxylation sites is 2. The first kappa shape index (κ1) is 15.5. The van der Waals surface area contributed by atoms with Crippen molar-refractivity contribution in [1.29, 1.82) is 0 Å². The molecule has 0 N–H and O–H groups in total. The lowest BCUT2D eigenvalue weighted by molar-refractivity contribution is 0.682. The van der Waals surface area contributed by atoms with Crippen LogP contribution in [0.2, 0.25) is 0 Å². The van der Waals surface area contributed by atoms with Gasteiger partial charge in [0.25, 0.3) is 0 Å². The predicted molar refractivity (Wildman–Crippen MR) is 111 cm³/mol. The average molecular weight is 337 g/mol. The Labute approximate surface area is 155 Å². The Morgan fingerprint density at radius 1 is 0.615 bits per heavy atom. The fourth-order valence-corrected chi connectivity index (χ4v) is 4.47. The molecule has 1 heteroatoms. The van der Waals surface area contributed by atoms with E-state index in [-0.39, 0.29) is 0 Å². The molecule has 3 aromatic rings. The quantitative estimate of drug-likeness (QED) is 0.368. The molecule has 1 nitrogen and oxygen atoms in total. The number of rotatable bonds is 1. The first-order valence-electron chi connectivity index (χ1n) is 9.60. The van der Waals surface area contributed by atoms with Gasteiger partial charge in [0.05, 0.1) is 11.4 Å². The van der Waals surface area contributed by atoms with Crippen molar-refractivity contribution in [3.8, 4) is 0 Å². The monoisotopic (exact) mass is 337 g/mol. The van der Waals surface area contributed by atoms with Crippen LogP contribution in [-0.2, 0) is 12.8 Å². The molecule has 1 heterocycles. The molecule has 0 radical (unpaired) electrons. The molecule has 3 aromatic carbocycles. The summed E-state index contributed by atoms with van der Waals surface area (Å²) in [6.07, 6.45) is 9.49. The molecule has 0 bridgehead atoms. The molecule has 128 valence electrons. The third-order valence-electron chi connectivity index (χ3n) is 5.78. The van der Waals surface area contributed by atoms with E-state index in [4.69, 9.17) is 0 Å². The Morgan fingerprint density at radius 2 is 1.19 bits per heavy atom. The van der Waals surface area contributed by atoms with Gasteiger partial charge in [0, 0.05) is 5.69 Å². The van der Waals surface area contributed by atoms with E-state index in [9.17, 15) is 0 Å². The topological polar surface area (TPSA) is 3.24 Å². The Morgan fingerprint density at radius 3 is 1.85 bits per heavy atom. The SMILES string of the molecule is Cc1ccc(N2c3ccccc3C=Cc3ccccc32)c2c1CCCC2. The second-order valence-electron chi connectivity index (χ2n) is 7.35. The fourth-order valence-electron chi connectivity index (χ4n) is 4.47. The summed E-state index contributed by atoms with van der Waals surface area (Å²) in [5.41, 5.74) is 11.0. The van der Waals surface area contributed by atoms with Crippen LogP contribution in [0, 0.1) is 6.92 Å². The van der Waals surface area contributed by atoms with Crippen LogP contribution in [-0.4, -0.2) is 0 Å². The Bertz CT molecular complexity index is 963. The number of anilines is 3. The number of hydrogen-bond acceptors (Lipinski definition) is 1. The van der Waals surface area contributed by atoms with Crippen molar-refractivity contribution < 1.29 is 0 Å². The lowest BCUT2D eigenvalue weighted by atomic mass is 9.86. The molecule has 0 fully saturated rings. The highest BCUT2D eigenvalue weighted by Gasteiger charge is 2.24. The lowest BCUT2D eigenvalue weighted by Gasteiger charge is -2.32. The summed E-state index contributed by atoms with van der Waals surface area (Å²) in [4.78, 5) is 2.48. The van der Waals surface area contributed by atoms with Crippen molar-refractivity contribution in [2.24, 2.45) is 0 Å². The van der Waals surface area contributed by atoms with Crippen LogP contribution in [0.5, 0.6) is 0 Å². The molecular weight excluding hydrogens is 314 g/mol. The molecule has 0 spiro atoms. The van der Waals surface area contributed by atoms with Crippen molar-refractivity contribution in [2.75, 3.05) is 4.90 Å². The molecule has 0 saturated carbocycles. The van der Waals surface area contributed by atoms with Gasteiger partial charge < -0.3 is 4.90 Å². The molecular formula is C25H23N. The minimum Gasteiger partial charge on any atom is -0.309 e. The molecule has 0 aromatic heterocycles. The maximum Gasteiger partial charge on any atom is 0.0534 e. The summed E-state index contributed by atoms with van der Waals surface area (Å²) in [5, 5.41) is 0. The molecule has 0 saturated heterocycles. The number of aryl methyl sites for hydroxylation is 1. The summed E-state index contributed by atoms with van der Waals surface area (Å²) in [5.74, 6) is 0. The Kier molecular flexibility index (Phi) is 3.67. The molecule has 2 aliphatic rings. The Hall–Kier alpha value is -2.80. The molecule has 0 unspecified atom stereocenters. The fraction of sp³-hybridized carbons (Fsp3) is 0.200. The van der Waals surface area contributed by atoms with Gasteiger partial charge in [-0.05, 0) is 78.6 Å². The highest BCUT2D eigenvalue weighted by Crippen LogP contribution is 2.45. The Balaban J connectivity index is 1.81. The van der Waals surface area contributed by atoms with Gasteiger partial charge >= 0.3 is 0 Å². The van der Waals surface area contributed by atoms with Crippen LogP contribution in [0.4, 0.5) is 17.1 Å². The molecule has 26 heavy (non-hydrogen) atoms. The maximum atomic E-state index is 2.48. The van der Waals surface area contributed by atoms with Crippen molar-refractivity contribution in [3.05, 3.63) is 88.5 Å². The third kappa shape index (κ3) is 2.39. The largest absolute Gasteiger partial charge is 0.309 e. The van der Waals surface area contributed by atoms with Gasteiger partial charge in [-0.15, -0.1) is 0 Å². The highest BCUT2D eigenvalue weighted by molar-refractivity contribution is 5.94. The van der Waals surface area contributed by atoms with Gasteiger partial charge in [-0.1, -0.05) is 54.6 Å². The van der Waals surface area contributed by atoms with E-state index in [0.29, 0.717) is 0 Å². The maximum absolute atomic E-state index is 2.48. The summed E-state index contributed by atoms with van der Waals surface area (Å²) in [6, 6.07) is 22.1. The third-order valence-corrected chi connectivity index (χ3v) is 5.78. The summed E-state index contributed by atoms with van der Waals surface area (Å²) in [6.45, 7) is 2.26. The standard InChI is InChI=1S/C25H23N/c1-18-14-17-25(22-11-5-4-10-21(18)22)26-23-12-6-2-8-19(23)15-16-20-9-3-7-13-24(20)26/h2-3,6-9,12-17H,4-5,10-11H2,1H3. The smallest absolute Gasteiger partial charge is 0.0534 e. The van der Waals surface area contributed by atoms with Crippen molar-refractivity contribution in [3.63, 3.8) is 0 Å². The van der Waals surface area contributed by atoms with Crippen molar-refractivity contribution in [2.45, 2.75) is 32.6 Å². The summed E-state index contributed by atoms with van der Waals surface area (Å²) < 4.78 is 0. The van der Waals surface area contributed by atoms with Gasteiger partial charge in [-0.2, -0.15) is 0 Å². The second kappa shape index (κ2) is 6.17. The molecule has 0 atom stereocenters. The van der Waals surface area contributed by atoms with E-state index in [1.54, 1.807) is 11.1 Å². The zero-order valence-electron chi connectivity index (χ0n) is 15.2. The molecule has 5 rings (SSSR count). The summed E-state index contributed by atoms with van der Waals surface area (Å²) >= 11 is 0. The zero-order valence-corrected chi connectivity index (χ0v) is 15.2. The zero-order chi connectivity index (χ0) is 17.5. The summed E-state index contributed by atoms with van der Waals surface area (Å²) in [7, 11) is 0. The highest BCUT2D eigenvalue weighted by atomic mass is 15.2. The second-order valence-corrected chi connectivity index (χ2v) is 7.35. The minimum absolute atomic E-state index is 1.18.